The molecule has 10 heavy (non-hydrogen) atoms. The van der Waals surface area contributed by atoms with E-state index in [9.17, 15) is 8.42 Å². The fraction of sp³-hybridized carbons (Fsp3) is 0.500. The minimum Gasteiger partial charge on any atom is -0.370 e. The van der Waals surface area contributed by atoms with Crippen LogP contribution in [0.15, 0.2) is 4.99 Å². The number of guanidine groups is 1. The van der Waals surface area contributed by atoms with Crippen LogP contribution in [0.1, 0.15) is 0 Å². The van der Waals surface area contributed by atoms with Crippen LogP contribution in [0, 0.1) is 0 Å². The van der Waals surface area contributed by atoms with Crippen LogP contribution in [0.25, 0.3) is 0 Å². The van der Waals surface area contributed by atoms with Gasteiger partial charge in [-0.3, -0.25) is 0 Å². The van der Waals surface area contributed by atoms with E-state index < -0.39 is 21.5 Å². The van der Waals surface area contributed by atoms with E-state index in [0.717, 1.165) is 0 Å². The van der Waals surface area contributed by atoms with Gasteiger partial charge in [-0.1, -0.05) is 0 Å². The van der Waals surface area contributed by atoms with Crippen molar-refractivity contribution < 1.29 is 13.5 Å². The Kier molecular flexibility index (Phi) is 2.57. The molecule has 8 heteroatoms. The Morgan fingerprint density at radius 1 is 1.50 bits per heavy atom. The smallest absolute Gasteiger partial charge is 0.266 e. The van der Waals surface area contributed by atoms with Crippen LogP contribution in [0.5, 0.6) is 0 Å². The summed E-state index contributed by atoms with van der Waals surface area (Å²) in [5.41, 5.74) is 7.40. The molecule has 0 saturated carbocycles. The predicted octanol–water partition coefficient (Wildman–Crippen LogP) is -3.18. The summed E-state index contributed by atoms with van der Waals surface area (Å²) >= 11 is 0. The molecule has 0 heterocycles. The maximum atomic E-state index is 10.2. The van der Waals surface area contributed by atoms with E-state index in [-0.39, 0.29) is 0 Å². The lowest BCUT2D eigenvalue weighted by Crippen LogP contribution is -2.32. The van der Waals surface area contributed by atoms with Crippen molar-refractivity contribution in [2.24, 2.45) is 21.6 Å². The van der Waals surface area contributed by atoms with Crippen molar-refractivity contribution in [2.45, 2.75) is 5.56 Å². The average Bonchev–Trinajstić information content (AvgIpc) is 1.60. The van der Waals surface area contributed by atoms with Gasteiger partial charge in [0, 0.05) is 0 Å². The van der Waals surface area contributed by atoms with Crippen LogP contribution >= 0.6 is 0 Å². The molecule has 0 radical (unpaired) electrons. The lowest BCUT2D eigenvalue weighted by atomic mass is 11.0. The van der Waals surface area contributed by atoms with Crippen molar-refractivity contribution in [1.29, 1.82) is 0 Å². The van der Waals surface area contributed by atoms with Crippen LogP contribution in [0.2, 0.25) is 0 Å². The molecule has 0 aromatic carbocycles. The molecule has 0 aromatic rings. The lowest BCUT2D eigenvalue weighted by molar-refractivity contribution is 0.259. The second-order valence-corrected chi connectivity index (χ2v) is 3.07. The Labute approximate surface area is 57.6 Å². The Morgan fingerprint density at radius 3 is 2.00 bits per heavy atom. The molecule has 1 unspecified atom stereocenters. The molecule has 7 N–H and O–H groups in total. The van der Waals surface area contributed by atoms with Gasteiger partial charge in [0.25, 0.3) is 15.6 Å². The maximum absolute atomic E-state index is 10.2. The number of nitrogens with two attached hydrogens (primary N) is 3. The largest absolute Gasteiger partial charge is 0.370 e. The van der Waals surface area contributed by atoms with Crippen LogP contribution in [0.3, 0.4) is 0 Å². The van der Waals surface area contributed by atoms with Crippen molar-refractivity contribution in [3.05, 3.63) is 0 Å². The molecule has 0 bridgehead atoms. The molecule has 7 nitrogen and oxygen atoms in total. The molecule has 0 fully saturated rings. The number of aliphatic imine (C=N–C) groups is 1. The molecule has 60 valence electrons. The van der Waals surface area contributed by atoms with E-state index in [4.69, 9.17) is 16.6 Å². The zero-order valence-corrected chi connectivity index (χ0v) is 5.75. The topological polar surface area (TPSA) is 145 Å². The first-order valence-electron chi connectivity index (χ1n) is 2.12. The van der Waals surface area contributed by atoms with Crippen LogP contribution in [0.4, 0.5) is 0 Å². The number of aliphatic hydroxyl groups is 1. The van der Waals surface area contributed by atoms with Crippen molar-refractivity contribution in [3.63, 3.8) is 0 Å². The standard InChI is InChI=1S/C2H8N4O3S/c3-1(4)6-2(7)10(5,8)9/h2,7H,(H4,3,4,6)(H2,5,8,9). The summed E-state index contributed by atoms with van der Waals surface area (Å²) in [6, 6.07) is 0. The fourth-order valence-corrected chi connectivity index (χ4v) is 0.470. The van der Waals surface area contributed by atoms with Gasteiger partial charge in [0.15, 0.2) is 5.96 Å². The average molecular weight is 168 g/mol. The third kappa shape index (κ3) is 3.22. The van der Waals surface area contributed by atoms with E-state index in [1.54, 1.807) is 0 Å². The molecule has 0 rings (SSSR count). The SMILES string of the molecule is NC(N)=NC(O)S(N)(=O)=O. The van der Waals surface area contributed by atoms with Gasteiger partial charge in [-0.2, -0.15) is 0 Å². The van der Waals surface area contributed by atoms with Crippen LogP contribution in [-0.4, -0.2) is 25.0 Å². The van der Waals surface area contributed by atoms with Gasteiger partial charge in [0.1, 0.15) is 0 Å². The second kappa shape index (κ2) is 2.82. The first kappa shape index (κ1) is 9.14. The molecular weight excluding hydrogens is 160 g/mol. The highest BCUT2D eigenvalue weighted by Crippen LogP contribution is 1.90. The Balaban J connectivity index is 4.42. The molecule has 0 spiro atoms. The Bertz CT molecular complexity index is 227. The Morgan fingerprint density at radius 2 is 1.90 bits per heavy atom. The van der Waals surface area contributed by atoms with Gasteiger partial charge in [-0.15, -0.1) is 0 Å². The third-order valence-corrected chi connectivity index (χ3v) is 1.25. The summed E-state index contributed by atoms with van der Waals surface area (Å²) in [5.74, 6) is -0.540. The summed E-state index contributed by atoms with van der Waals surface area (Å²) in [6.07, 6.45) is 0. The predicted molar refractivity (Wildman–Crippen MR) is 34.9 cm³/mol. The molecule has 0 aliphatic heterocycles. The number of aliphatic hydroxyl groups excluding tert-OH is 1. The molecule has 0 aliphatic carbocycles. The molecule has 0 amide bonds. The number of primary sulfonamides is 1. The fourth-order valence-electron chi connectivity index (χ4n) is 0.201. The van der Waals surface area contributed by atoms with E-state index in [1.165, 1.54) is 0 Å². The van der Waals surface area contributed by atoms with Crippen molar-refractivity contribution in [3.8, 4) is 0 Å². The first-order chi connectivity index (χ1) is 4.34. The lowest BCUT2D eigenvalue weighted by Gasteiger charge is -2.00. The van der Waals surface area contributed by atoms with E-state index in [1.807, 2.05) is 0 Å². The van der Waals surface area contributed by atoms with Gasteiger partial charge in [-0.25, -0.2) is 18.5 Å². The maximum Gasteiger partial charge on any atom is 0.266 e. The number of sulfonamides is 1. The van der Waals surface area contributed by atoms with E-state index >= 15 is 0 Å². The van der Waals surface area contributed by atoms with Gasteiger partial charge < -0.3 is 16.6 Å². The molecule has 0 saturated heterocycles. The van der Waals surface area contributed by atoms with Gasteiger partial charge in [0.2, 0.25) is 0 Å². The monoisotopic (exact) mass is 168 g/mol. The minimum atomic E-state index is -4.09. The number of rotatable bonds is 2. The van der Waals surface area contributed by atoms with E-state index in [0.29, 0.717) is 0 Å². The molecular formula is C2H8N4O3S. The third-order valence-electron chi connectivity index (χ3n) is 0.553. The normalized spacial score (nSPS) is 14.2. The highest BCUT2D eigenvalue weighted by atomic mass is 32.2. The van der Waals surface area contributed by atoms with Gasteiger partial charge in [-0.05, 0) is 0 Å². The quantitative estimate of drug-likeness (QED) is 0.254. The first-order valence-corrected chi connectivity index (χ1v) is 3.73. The van der Waals surface area contributed by atoms with Gasteiger partial charge >= 0.3 is 0 Å². The summed E-state index contributed by atoms with van der Waals surface area (Å²) < 4.78 is 20.4. The number of hydrogen-bond donors (Lipinski definition) is 4. The van der Waals surface area contributed by atoms with Crippen molar-refractivity contribution in [1.82, 2.24) is 0 Å². The highest BCUT2D eigenvalue weighted by Gasteiger charge is 2.15. The van der Waals surface area contributed by atoms with Crippen LogP contribution < -0.4 is 16.6 Å². The van der Waals surface area contributed by atoms with E-state index in [2.05, 4.69) is 10.1 Å². The molecule has 1 atom stereocenters. The molecule has 0 aliphatic rings. The second-order valence-electron chi connectivity index (χ2n) is 1.47. The molecule has 0 aromatic heterocycles. The van der Waals surface area contributed by atoms with Crippen molar-refractivity contribution >= 4 is 16.0 Å². The summed E-state index contributed by atoms with van der Waals surface area (Å²) in [6.45, 7) is 0. The minimum absolute atomic E-state index is 0.540. The zero-order chi connectivity index (χ0) is 8.36. The summed E-state index contributed by atoms with van der Waals surface area (Å²) in [5, 5.41) is 12.9. The number of hydrogen-bond acceptors (Lipinski definition) is 4. The Hall–Kier alpha value is -0.860. The van der Waals surface area contributed by atoms with Gasteiger partial charge in [0.05, 0.1) is 0 Å². The summed E-state index contributed by atoms with van der Waals surface area (Å²) in [4.78, 5) is 2.86. The van der Waals surface area contributed by atoms with Crippen LogP contribution in [-0.2, 0) is 10.0 Å². The highest BCUT2D eigenvalue weighted by molar-refractivity contribution is 7.89. The van der Waals surface area contributed by atoms with Crippen molar-refractivity contribution in [2.75, 3.05) is 0 Å². The number of nitrogens with zero attached hydrogens (tertiary/aromatic N) is 1. The zero-order valence-electron chi connectivity index (χ0n) is 4.93. The summed E-state index contributed by atoms with van der Waals surface area (Å²) in [7, 11) is -4.09.